The summed E-state index contributed by atoms with van der Waals surface area (Å²) in [5.41, 5.74) is 16.3. The summed E-state index contributed by atoms with van der Waals surface area (Å²) in [5.74, 6) is 3.40. The van der Waals surface area contributed by atoms with Crippen molar-refractivity contribution in [1.82, 2.24) is 0 Å². The van der Waals surface area contributed by atoms with Crippen molar-refractivity contribution in [2.75, 3.05) is 4.90 Å². The molecular formula is C50H45N. The summed E-state index contributed by atoms with van der Waals surface area (Å²) in [6.45, 7) is 0. The Labute approximate surface area is 302 Å². The quantitative estimate of drug-likeness (QED) is 0.183. The van der Waals surface area contributed by atoms with Crippen LogP contribution in [0, 0.1) is 23.7 Å². The highest BCUT2D eigenvalue weighted by atomic mass is 15.1. The minimum Gasteiger partial charge on any atom is -0.310 e. The summed E-state index contributed by atoms with van der Waals surface area (Å²) >= 11 is 0. The lowest BCUT2D eigenvalue weighted by Gasteiger charge is -2.53. The molecule has 5 atom stereocenters. The molecule has 0 saturated heterocycles. The number of fused-ring (bicyclic) bond motifs is 10. The monoisotopic (exact) mass is 659 g/mol. The zero-order valence-electron chi connectivity index (χ0n) is 29.5. The van der Waals surface area contributed by atoms with Crippen LogP contribution in [-0.2, 0) is 10.8 Å². The highest BCUT2D eigenvalue weighted by Crippen LogP contribution is 2.68. The van der Waals surface area contributed by atoms with Crippen molar-refractivity contribution in [2.45, 2.75) is 75.0 Å². The van der Waals surface area contributed by atoms with Crippen molar-refractivity contribution in [3.05, 3.63) is 150 Å². The molecule has 5 unspecified atom stereocenters. The molecule has 6 aromatic rings. The van der Waals surface area contributed by atoms with Crippen LogP contribution in [0.25, 0.3) is 33.0 Å². The topological polar surface area (TPSA) is 3.24 Å². The SMILES string of the molecule is c1ccc2c(c1)-c1cc(N(c3ccc4c(c3)-c3ccccc3C43C4CCC5CC(C4)CC3C5)c3cccc4ccccc34)ccc1C21CCCC1. The Morgan fingerprint density at radius 1 is 0.471 bits per heavy atom. The van der Waals surface area contributed by atoms with Gasteiger partial charge in [0.25, 0.3) is 0 Å². The van der Waals surface area contributed by atoms with Crippen molar-refractivity contribution in [2.24, 2.45) is 23.7 Å². The lowest BCUT2D eigenvalue weighted by Crippen LogP contribution is -2.48. The molecule has 0 radical (unpaired) electrons. The first-order chi connectivity index (χ1) is 25.2. The van der Waals surface area contributed by atoms with Gasteiger partial charge in [-0.2, -0.15) is 0 Å². The second-order valence-corrected chi connectivity index (χ2v) is 17.2. The van der Waals surface area contributed by atoms with Crippen LogP contribution in [0.2, 0.25) is 0 Å². The molecule has 250 valence electrons. The minimum atomic E-state index is 0.174. The maximum Gasteiger partial charge on any atom is 0.0540 e. The summed E-state index contributed by atoms with van der Waals surface area (Å²) in [7, 11) is 0. The van der Waals surface area contributed by atoms with Crippen molar-refractivity contribution in [1.29, 1.82) is 0 Å². The van der Waals surface area contributed by atoms with E-state index in [0.29, 0.717) is 0 Å². The molecular weight excluding hydrogens is 615 g/mol. The number of hydrogen-bond donors (Lipinski definition) is 0. The standard InChI is InChI=1S/C50H45N/c1-2-12-39-34(10-1)11-9-17-48(39)51(37-20-22-45-42(30-37)40-13-3-5-15-44(40)49(45)24-7-8-25-49)38-21-23-47-43(31-38)41-14-4-6-16-46(41)50(47)35-19-18-32-26-33(28-35)29-36(50)27-32/h1-6,9-17,20-23,30-33,35-36H,7-8,18-19,24-29H2. The van der Waals surface area contributed by atoms with E-state index in [2.05, 4.69) is 132 Å². The van der Waals surface area contributed by atoms with E-state index in [9.17, 15) is 0 Å². The van der Waals surface area contributed by atoms with Gasteiger partial charge >= 0.3 is 0 Å². The van der Waals surface area contributed by atoms with Crippen LogP contribution in [0.3, 0.4) is 0 Å². The van der Waals surface area contributed by atoms with E-state index in [-0.39, 0.29) is 10.8 Å². The van der Waals surface area contributed by atoms with E-state index in [4.69, 9.17) is 0 Å². The largest absolute Gasteiger partial charge is 0.310 e. The summed E-state index contributed by atoms with van der Waals surface area (Å²) in [6, 6.07) is 49.8. The van der Waals surface area contributed by atoms with Crippen LogP contribution >= 0.6 is 0 Å². The highest BCUT2D eigenvalue weighted by molar-refractivity contribution is 6.00. The molecule has 7 aliphatic carbocycles. The normalized spacial score (nSPS) is 27.1. The third-order valence-electron chi connectivity index (χ3n) is 15.1. The van der Waals surface area contributed by atoms with Gasteiger partial charge in [0, 0.05) is 27.6 Å². The van der Waals surface area contributed by atoms with Crippen molar-refractivity contribution in [3.8, 4) is 22.3 Å². The predicted molar refractivity (Wildman–Crippen MR) is 211 cm³/mol. The summed E-state index contributed by atoms with van der Waals surface area (Å²) in [5, 5.41) is 2.58. The molecule has 4 bridgehead atoms. The molecule has 2 spiro atoms. The third-order valence-corrected chi connectivity index (χ3v) is 15.1. The molecule has 6 aromatic carbocycles. The first-order valence-electron chi connectivity index (χ1n) is 20.0. The second kappa shape index (κ2) is 10.5. The number of benzene rings is 6. The Kier molecular flexibility index (Phi) is 5.96. The van der Waals surface area contributed by atoms with Crippen LogP contribution in [0.15, 0.2) is 127 Å². The number of nitrogens with zero attached hydrogens (tertiary/aromatic N) is 1. The van der Waals surface area contributed by atoms with Gasteiger partial charge in [-0.15, -0.1) is 0 Å². The Hall–Kier alpha value is -4.62. The van der Waals surface area contributed by atoms with E-state index >= 15 is 0 Å². The van der Waals surface area contributed by atoms with E-state index < -0.39 is 0 Å². The molecule has 0 N–H and O–H groups in total. The molecule has 13 rings (SSSR count). The molecule has 5 fully saturated rings. The fourth-order valence-electron chi connectivity index (χ4n) is 13.4. The smallest absolute Gasteiger partial charge is 0.0540 e. The molecule has 1 nitrogen and oxygen atoms in total. The van der Waals surface area contributed by atoms with Gasteiger partial charge in [0.2, 0.25) is 0 Å². The fraction of sp³-hybridized carbons (Fsp3) is 0.320. The number of anilines is 3. The van der Waals surface area contributed by atoms with E-state index in [1.807, 2.05) is 0 Å². The molecule has 1 heteroatoms. The minimum absolute atomic E-state index is 0.174. The van der Waals surface area contributed by atoms with Crippen LogP contribution in [0.1, 0.15) is 86.5 Å². The van der Waals surface area contributed by atoms with Crippen LogP contribution in [0.5, 0.6) is 0 Å². The molecule has 5 saturated carbocycles. The Balaban J connectivity index is 1.08. The maximum atomic E-state index is 2.60. The van der Waals surface area contributed by atoms with Gasteiger partial charge in [-0.05, 0) is 149 Å². The molecule has 0 aromatic heterocycles. The van der Waals surface area contributed by atoms with Gasteiger partial charge in [-0.1, -0.05) is 116 Å². The van der Waals surface area contributed by atoms with Gasteiger partial charge in [0.05, 0.1) is 5.69 Å². The van der Waals surface area contributed by atoms with Crippen molar-refractivity contribution < 1.29 is 0 Å². The molecule has 7 aliphatic rings. The summed E-state index contributed by atoms with van der Waals surface area (Å²) < 4.78 is 0. The van der Waals surface area contributed by atoms with Gasteiger partial charge in [0.1, 0.15) is 0 Å². The first kappa shape index (κ1) is 29.0. The molecule has 51 heavy (non-hydrogen) atoms. The Morgan fingerprint density at radius 2 is 1.08 bits per heavy atom. The van der Waals surface area contributed by atoms with E-state index in [1.165, 1.54) is 114 Å². The van der Waals surface area contributed by atoms with Crippen molar-refractivity contribution >= 4 is 27.8 Å². The van der Waals surface area contributed by atoms with E-state index in [0.717, 1.165) is 23.7 Å². The highest BCUT2D eigenvalue weighted by Gasteiger charge is 2.59. The summed E-state index contributed by atoms with van der Waals surface area (Å²) in [4.78, 5) is 2.59. The van der Waals surface area contributed by atoms with Gasteiger partial charge < -0.3 is 4.90 Å². The van der Waals surface area contributed by atoms with Gasteiger partial charge in [-0.3, -0.25) is 0 Å². The zero-order chi connectivity index (χ0) is 33.3. The van der Waals surface area contributed by atoms with Crippen LogP contribution < -0.4 is 4.90 Å². The average molecular weight is 660 g/mol. The Bertz CT molecular complexity index is 2380. The van der Waals surface area contributed by atoms with Crippen LogP contribution in [-0.4, -0.2) is 0 Å². The molecule has 0 amide bonds. The first-order valence-corrected chi connectivity index (χ1v) is 20.0. The summed E-state index contributed by atoms with van der Waals surface area (Å²) in [6.07, 6.45) is 13.7. The zero-order valence-corrected chi connectivity index (χ0v) is 29.5. The average Bonchev–Trinajstić information content (AvgIpc) is 3.81. The fourth-order valence-corrected chi connectivity index (χ4v) is 13.4. The van der Waals surface area contributed by atoms with Gasteiger partial charge in [0.15, 0.2) is 0 Å². The molecule has 0 aliphatic heterocycles. The third kappa shape index (κ3) is 3.78. The lowest BCUT2D eigenvalue weighted by atomic mass is 9.51. The second-order valence-electron chi connectivity index (χ2n) is 17.2. The maximum absolute atomic E-state index is 2.60. The van der Waals surface area contributed by atoms with E-state index in [1.54, 1.807) is 22.3 Å². The number of hydrogen-bond acceptors (Lipinski definition) is 1. The predicted octanol–water partition coefficient (Wildman–Crippen LogP) is 13.3. The lowest BCUT2D eigenvalue weighted by molar-refractivity contribution is 0.0618. The molecule has 0 heterocycles. The number of rotatable bonds is 3. The van der Waals surface area contributed by atoms with Crippen molar-refractivity contribution in [3.63, 3.8) is 0 Å². The van der Waals surface area contributed by atoms with Gasteiger partial charge in [-0.25, -0.2) is 0 Å². The Morgan fingerprint density at radius 3 is 1.92 bits per heavy atom. The van der Waals surface area contributed by atoms with Crippen LogP contribution in [0.4, 0.5) is 17.1 Å².